The lowest BCUT2D eigenvalue weighted by Gasteiger charge is -2.16. The maximum atomic E-state index is 12.2. The van der Waals surface area contributed by atoms with Gasteiger partial charge in [0.2, 0.25) is 0 Å². The van der Waals surface area contributed by atoms with Crippen molar-refractivity contribution in [1.29, 1.82) is 0 Å². The zero-order valence-electron chi connectivity index (χ0n) is 12.3. The van der Waals surface area contributed by atoms with E-state index in [0.717, 1.165) is 25.7 Å². The average molecular weight is 316 g/mol. The standard InChI is InChI=1S/C15H19F3N2O2/c1-10-12(20-14(21)19-11-5-2-3-6-11)7-4-8-13(10)22-9-15(16,17)18/h4,7-8,11H,2-3,5-6,9H2,1H3,(H2,19,20,21). The van der Waals surface area contributed by atoms with Crippen LogP contribution in [0.1, 0.15) is 31.2 Å². The summed E-state index contributed by atoms with van der Waals surface area (Å²) in [5.74, 6) is 0.107. The van der Waals surface area contributed by atoms with Crippen molar-refractivity contribution in [3.63, 3.8) is 0 Å². The molecule has 7 heteroatoms. The van der Waals surface area contributed by atoms with E-state index in [1.54, 1.807) is 19.1 Å². The summed E-state index contributed by atoms with van der Waals surface area (Å²) in [4.78, 5) is 11.9. The molecule has 1 aromatic carbocycles. The Bertz CT molecular complexity index is 526. The smallest absolute Gasteiger partial charge is 0.422 e. The van der Waals surface area contributed by atoms with E-state index in [1.165, 1.54) is 6.07 Å². The topological polar surface area (TPSA) is 50.4 Å². The molecule has 0 atom stereocenters. The number of benzene rings is 1. The van der Waals surface area contributed by atoms with Crippen molar-refractivity contribution in [2.24, 2.45) is 0 Å². The largest absolute Gasteiger partial charge is 0.484 e. The van der Waals surface area contributed by atoms with Crippen LogP contribution in [0.2, 0.25) is 0 Å². The number of anilines is 1. The van der Waals surface area contributed by atoms with Gasteiger partial charge in [0.15, 0.2) is 6.61 Å². The first-order chi connectivity index (χ1) is 10.3. The van der Waals surface area contributed by atoms with Crippen molar-refractivity contribution in [2.75, 3.05) is 11.9 Å². The number of ether oxygens (including phenoxy) is 1. The fraction of sp³-hybridized carbons (Fsp3) is 0.533. The lowest BCUT2D eigenvalue weighted by Crippen LogP contribution is -2.36. The Kier molecular flexibility index (Phi) is 5.15. The van der Waals surface area contributed by atoms with Gasteiger partial charge < -0.3 is 15.4 Å². The predicted molar refractivity (Wildman–Crippen MR) is 77.1 cm³/mol. The van der Waals surface area contributed by atoms with Crippen LogP contribution in [-0.4, -0.2) is 24.9 Å². The first-order valence-electron chi connectivity index (χ1n) is 7.22. The van der Waals surface area contributed by atoms with Gasteiger partial charge in [0.05, 0.1) is 0 Å². The summed E-state index contributed by atoms with van der Waals surface area (Å²) in [6.45, 7) is 0.252. The maximum absolute atomic E-state index is 12.2. The number of hydrogen-bond acceptors (Lipinski definition) is 2. The zero-order chi connectivity index (χ0) is 16.2. The number of carbonyl (C=O) groups excluding carboxylic acids is 1. The first kappa shape index (κ1) is 16.5. The number of urea groups is 1. The van der Waals surface area contributed by atoms with Gasteiger partial charge in [-0.2, -0.15) is 13.2 Å². The van der Waals surface area contributed by atoms with Crippen LogP contribution in [0.5, 0.6) is 5.75 Å². The van der Waals surface area contributed by atoms with Gasteiger partial charge in [-0.3, -0.25) is 0 Å². The molecule has 2 N–H and O–H groups in total. The highest BCUT2D eigenvalue weighted by molar-refractivity contribution is 5.90. The summed E-state index contributed by atoms with van der Waals surface area (Å²) in [5.41, 5.74) is 0.906. The number of hydrogen-bond donors (Lipinski definition) is 2. The van der Waals surface area contributed by atoms with Crippen LogP contribution in [0, 0.1) is 6.92 Å². The molecule has 0 spiro atoms. The van der Waals surface area contributed by atoms with E-state index in [1.807, 2.05) is 0 Å². The zero-order valence-corrected chi connectivity index (χ0v) is 12.3. The number of nitrogens with one attached hydrogen (secondary N) is 2. The summed E-state index contributed by atoms with van der Waals surface area (Å²) in [7, 11) is 0. The van der Waals surface area contributed by atoms with Gasteiger partial charge in [0.25, 0.3) is 0 Å². The molecule has 1 saturated carbocycles. The molecule has 1 aliphatic carbocycles. The van der Waals surface area contributed by atoms with Crippen molar-refractivity contribution < 1.29 is 22.7 Å². The minimum absolute atomic E-state index is 0.107. The highest BCUT2D eigenvalue weighted by Gasteiger charge is 2.28. The molecule has 1 fully saturated rings. The molecule has 2 amide bonds. The fourth-order valence-electron chi connectivity index (χ4n) is 2.48. The van der Waals surface area contributed by atoms with Gasteiger partial charge in [-0.25, -0.2) is 4.79 Å². The third-order valence-corrected chi connectivity index (χ3v) is 3.61. The Morgan fingerprint density at radius 1 is 1.32 bits per heavy atom. The van der Waals surface area contributed by atoms with Gasteiger partial charge in [-0.15, -0.1) is 0 Å². The molecular formula is C15H19F3N2O2. The van der Waals surface area contributed by atoms with Crippen LogP contribution >= 0.6 is 0 Å². The number of halogens is 3. The third-order valence-electron chi connectivity index (χ3n) is 3.61. The number of carbonyl (C=O) groups is 1. The molecule has 0 bridgehead atoms. The van der Waals surface area contributed by atoms with E-state index >= 15 is 0 Å². The summed E-state index contributed by atoms with van der Waals surface area (Å²) >= 11 is 0. The maximum Gasteiger partial charge on any atom is 0.422 e. The van der Waals surface area contributed by atoms with Crippen molar-refractivity contribution in [2.45, 2.75) is 44.8 Å². The van der Waals surface area contributed by atoms with E-state index in [0.29, 0.717) is 11.3 Å². The van der Waals surface area contributed by atoms with Crippen LogP contribution < -0.4 is 15.4 Å². The monoisotopic (exact) mass is 316 g/mol. The van der Waals surface area contributed by atoms with E-state index in [4.69, 9.17) is 4.74 Å². The molecule has 22 heavy (non-hydrogen) atoms. The molecule has 2 rings (SSSR count). The average Bonchev–Trinajstić information content (AvgIpc) is 2.91. The second kappa shape index (κ2) is 6.89. The lowest BCUT2D eigenvalue weighted by molar-refractivity contribution is -0.153. The van der Waals surface area contributed by atoms with Crippen LogP contribution in [0.15, 0.2) is 18.2 Å². The van der Waals surface area contributed by atoms with Crippen molar-refractivity contribution in [3.8, 4) is 5.75 Å². The summed E-state index contributed by atoms with van der Waals surface area (Å²) in [5, 5.41) is 5.52. The number of amides is 2. The molecule has 0 radical (unpaired) electrons. The highest BCUT2D eigenvalue weighted by atomic mass is 19.4. The Hall–Kier alpha value is -1.92. The summed E-state index contributed by atoms with van der Waals surface area (Å²) < 4.78 is 41.4. The Morgan fingerprint density at radius 3 is 2.64 bits per heavy atom. The molecular weight excluding hydrogens is 297 g/mol. The second-order valence-electron chi connectivity index (χ2n) is 5.41. The normalized spacial score (nSPS) is 15.6. The van der Waals surface area contributed by atoms with Crippen LogP contribution in [0.3, 0.4) is 0 Å². The van der Waals surface area contributed by atoms with Gasteiger partial charge >= 0.3 is 12.2 Å². The molecule has 122 valence electrons. The molecule has 1 aromatic rings. The van der Waals surface area contributed by atoms with Gasteiger partial charge in [0, 0.05) is 17.3 Å². The van der Waals surface area contributed by atoms with Crippen molar-refractivity contribution >= 4 is 11.7 Å². The number of rotatable bonds is 4. The van der Waals surface area contributed by atoms with Crippen molar-refractivity contribution in [3.05, 3.63) is 23.8 Å². The molecule has 0 unspecified atom stereocenters. The Balaban J connectivity index is 1.97. The third kappa shape index (κ3) is 4.82. The minimum atomic E-state index is -4.39. The van der Waals surface area contributed by atoms with Gasteiger partial charge in [-0.05, 0) is 31.9 Å². The summed E-state index contributed by atoms with van der Waals surface area (Å²) in [6, 6.07) is 4.45. The molecule has 0 heterocycles. The fourth-order valence-corrected chi connectivity index (χ4v) is 2.48. The molecule has 1 aliphatic rings. The van der Waals surface area contributed by atoms with E-state index in [-0.39, 0.29) is 17.8 Å². The Morgan fingerprint density at radius 2 is 2.00 bits per heavy atom. The van der Waals surface area contributed by atoms with Gasteiger partial charge in [0.1, 0.15) is 5.75 Å². The minimum Gasteiger partial charge on any atom is -0.484 e. The SMILES string of the molecule is Cc1c(NC(=O)NC2CCCC2)cccc1OCC(F)(F)F. The van der Waals surface area contributed by atoms with E-state index in [9.17, 15) is 18.0 Å². The van der Waals surface area contributed by atoms with Crippen LogP contribution in [-0.2, 0) is 0 Å². The highest BCUT2D eigenvalue weighted by Crippen LogP contribution is 2.27. The first-order valence-corrected chi connectivity index (χ1v) is 7.22. The summed E-state index contributed by atoms with van der Waals surface area (Å²) in [6.07, 6.45) is -0.270. The predicted octanol–water partition coefficient (Wildman–Crippen LogP) is 4.00. The quantitative estimate of drug-likeness (QED) is 0.882. The molecule has 0 aromatic heterocycles. The molecule has 4 nitrogen and oxygen atoms in total. The molecule has 0 aliphatic heterocycles. The van der Waals surface area contributed by atoms with Crippen LogP contribution in [0.4, 0.5) is 23.7 Å². The van der Waals surface area contributed by atoms with E-state index < -0.39 is 12.8 Å². The second-order valence-corrected chi connectivity index (χ2v) is 5.41. The Labute approximate surface area is 127 Å². The van der Waals surface area contributed by atoms with E-state index in [2.05, 4.69) is 10.6 Å². The number of alkyl halides is 3. The van der Waals surface area contributed by atoms with Crippen molar-refractivity contribution in [1.82, 2.24) is 5.32 Å². The van der Waals surface area contributed by atoms with Gasteiger partial charge in [-0.1, -0.05) is 18.9 Å². The molecule has 0 saturated heterocycles. The van der Waals surface area contributed by atoms with Crippen LogP contribution in [0.25, 0.3) is 0 Å². The lowest BCUT2D eigenvalue weighted by atomic mass is 10.2.